The summed E-state index contributed by atoms with van der Waals surface area (Å²) in [7, 11) is 0. The Labute approximate surface area is 130 Å². The lowest BCUT2D eigenvalue weighted by Gasteiger charge is -2.42. The van der Waals surface area contributed by atoms with Crippen molar-refractivity contribution in [2.45, 2.75) is 76.3 Å². The van der Waals surface area contributed by atoms with Crippen LogP contribution in [0.3, 0.4) is 0 Å². The number of nitrogens with one attached hydrogen (secondary N) is 1. The summed E-state index contributed by atoms with van der Waals surface area (Å²) in [4.78, 5) is 2.74. The summed E-state index contributed by atoms with van der Waals surface area (Å²) in [6.45, 7) is 4.24. The van der Waals surface area contributed by atoms with Gasteiger partial charge in [0.1, 0.15) is 0 Å². The SMILES string of the molecule is OCCCC1CC(NC2CCCC2)CN(CC2CCC2)C1. The molecule has 0 aromatic carbocycles. The molecule has 2 saturated carbocycles. The Morgan fingerprint density at radius 2 is 1.71 bits per heavy atom. The van der Waals surface area contributed by atoms with E-state index in [1.807, 2.05) is 0 Å². The lowest BCUT2D eigenvalue weighted by molar-refractivity contribution is 0.0918. The lowest BCUT2D eigenvalue weighted by Crippen LogP contribution is -2.52. The van der Waals surface area contributed by atoms with Gasteiger partial charge in [-0.25, -0.2) is 0 Å². The van der Waals surface area contributed by atoms with Gasteiger partial charge in [0.2, 0.25) is 0 Å². The van der Waals surface area contributed by atoms with Gasteiger partial charge in [0.25, 0.3) is 0 Å². The number of hydrogen-bond acceptors (Lipinski definition) is 3. The Balaban J connectivity index is 1.50. The molecular weight excluding hydrogens is 260 g/mol. The van der Waals surface area contributed by atoms with E-state index in [-0.39, 0.29) is 0 Å². The highest BCUT2D eigenvalue weighted by Gasteiger charge is 2.31. The fourth-order valence-electron chi connectivity index (χ4n) is 4.63. The third-order valence-corrected chi connectivity index (χ3v) is 5.95. The molecule has 3 rings (SSSR count). The molecule has 0 amide bonds. The Hall–Kier alpha value is -0.120. The molecule has 3 heteroatoms. The first-order valence-electron chi connectivity index (χ1n) is 9.42. The van der Waals surface area contributed by atoms with Crippen LogP contribution in [0, 0.1) is 11.8 Å². The quantitative estimate of drug-likeness (QED) is 0.758. The molecule has 1 saturated heterocycles. The molecule has 0 radical (unpaired) electrons. The van der Waals surface area contributed by atoms with Crippen molar-refractivity contribution < 1.29 is 5.11 Å². The van der Waals surface area contributed by atoms with Gasteiger partial charge in [-0.2, -0.15) is 0 Å². The summed E-state index contributed by atoms with van der Waals surface area (Å²) in [6, 6.07) is 1.49. The number of rotatable bonds is 7. The zero-order valence-electron chi connectivity index (χ0n) is 13.6. The summed E-state index contributed by atoms with van der Waals surface area (Å²) in [6.07, 6.45) is 13.5. The smallest absolute Gasteiger partial charge is 0.0431 e. The standard InChI is InChI=1S/C18H34N2O/c21-10-4-7-16-11-18(19-17-8-1-2-9-17)14-20(13-16)12-15-5-3-6-15/h15-19,21H,1-14H2. The second kappa shape index (κ2) is 7.94. The van der Waals surface area contributed by atoms with Crippen LogP contribution in [0.25, 0.3) is 0 Å². The second-order valence-electron chi connectivity index (χ2n) is 7.83. The largest absolute Gasteiger partial charge is 0.396 e. The zero-order valence-corrected chi connectivity index (χ0v) is 13.6. The van der Waals surface area contributed by atoms with Crippen molar-refractivity contribution in [1.82, 2.24) is 10.2 Å². The molecule has 0 bridgehead atoms. The summed E-state index contributed by atoms with van der Waals surface area (Å²) in [5.41, 5.74) is 0. The Bertz CT molecular complexity index is 300. The monoisotopic (exact) mass is 294 g/mol. The van der Waals surface area contributed by atoms with Gasteiger partial charge in [-0.1, -0.05) is 19.3 Å². The second-order valence-corrected chi connectivity index (χ2v) is 7.83. The maximum atomic E-state index is 9.12. The lowest BCUT2D eigenvalue weighted by atomic mass is 9.83. The van der Waals surface area contributed by atoms with Crippen molar-refractivity contribution in [1.29, 1.82) is 0 Å². The summed E-state index contributed by atoms with van der Waals surface area (Å²) < 4.78 is 0. The summed E-state index contributed by atoms with van der Waals surface area (Å²) in [5, 5.41) is 13.1. The third kappa shape index (κ3) is 4.67. The van der Waals surface area contributed by atoms with Crippen molar-refractivity contribution in [3.05, 3.63) is 0 Å². The Kier molecular flexibility index (Phi) is 5.96. The van der Waals surface area contributed by atoms with E-state index in [0.29, 0.717) is 12.6 Å². The van der Waals surface area contributed by atoms with Gasteiger partial charge >= 0.3 is 0 Å². The minimum atomic E-state index is 0.361. The predicted molar refractivity (Wildman–Crippen MR) is 87.4 cm³/mol. The normalized spacial score (nSPS) is 32.4. The van der Waals surface area contributed by atoms with Crippen LogP contribution in [-0.4, -0.2) is 48.3 Å². The molecular formula is C18H34N2O. The molecule has 0 aromatic heterocycles. The van der Waals surface area contributed by atoms with E-state index in [1.165, 1.54) is 77.4 Å². The van der Waals surface area contributed by atoms with E-state index in [0.717, 1.165) is 24.3 Å². The van der Waals surface area contributed by atoms with Crippen LogP contribution in [0.5, 0.6) is 0 Å². The van der Waals surface area contributed by atoms with E-state index < -0.39 is 0 Å². The van der Waals surface area contributed by atoms with Gasteiger partial charge < -0.3 is 15.3 Å². The maximum absolute atomic E-state index is 9.12. The average molecular weight is 294 g/mol. The molecule has 3 nitrogen and oxygen atoms in total. The van der Waals surface area contributed by atoms with E-state index >= 15 is 0 Å². The third-order valence-electron chi connectivity index (χ3n) is 5.95. The van der Waals surface area contributed by atoms with Gasteiger partial charge in [-0.15, -0.1) is 0 Å². The first-order valence-corrected chi connectivity index (χ1v) is 9.42. The Morgan fingerprint density at radius 3 is 2.38 bits per heavy atom. The Morgan fingerprint density at radius 1 is 0.905 bits per heavy atom. The van der Waals surface area contributed by atoms with Crippen LogP contribution >= 0.6 is 0 Å². The highest BCUT2D eigenvalue weighted by Crippen LogP contribution is 2.30. The molecule has 3 aliphatic rings. The van der Waals surface area contributed by atoms with E-state index in [1.54, 1.807) is 0 Å². The highest BCUT2D eigenvalue weighted by molar-refractivity contribution is 4.88. The zero-order chi connectivity index (χ0) is 14.5. The molecule has 2 aliphatic carbocycles. The van der Waals surface area contributed by atoms with E-state index in [2.05, 4.69) is 10.2 Å². The first kappa shape index (κ1) is 15.8. The molecule has 122 valence electrons. The molecule has 2 atom stereocenters. The molecule has 2 unspecified atom stereocenters. The average Bonchev–Trinajstić information content (AvgIpc) is 2.93. The van der Waals surface area contributed by atoms with Crippen LogP contribution in [0.15, 0.2) is 0 Å². The number of hydrogen-bond donors (Lipinski definition) is 2. The van der Waals surface area contributed by atoms with Gasteiger partial charge in [0.15, 0.2) is 0 Å². The topological polar surface area (TPSA) is 35.5 Å². The van der Waals surface area contributed by atoms with Crippen molar-refractivity contribution in [2.75, 3.05) is 26.2 Å². The van der Waals surface area contributed by atoms with Crippen LogP contribution in [0.1, 0.15) is 64.2 Å². The van der Waals surface area contributed by atoms with Gasteiger partial charge in [0.05, 0.1) is 0 Å². The molecule has 0 spiro atoms. The summed E-state index contributed by atoms with van der Waals surface area (Å²) in [5.74, 6) is 1.78. The highest BCUT2D eigenvalue weighted by atomic mass is 16.2. The summed E-state index contributed by atoms with van der Waals surface area (Å²) >= 11 is 0. The van der Waals surface area contributed by atoms with E-state index in [4.69, 9.17) is 5.11 Å². The molecule has 1 aliphatic heterocycles. The number of likely N-dealkylation sites (tertiary alicyclic amines) is 1. The number of aliphatic hydroxyl groups excluding tert-OH is 1. The van der Waals surface area contributed by atoms with Crippen molar-refractivity contribution >= 4 is 0 Å². The van der Waals surface area contributed by atoms with Crippen molar-refractivity contribution in [2.24, 2.45) is 11.8 Å². The maximum Gasteiger partial charge on any atom is 0.0431 e. The van der Waals surface area contributed by atoms with Gasteiger partial charge in [0, 0.05) is 38.3 Å². The molecule has 2 N–H and O–H groups in total. The fourth-order valence-corrected chi connectivity index (χ4v) is 4.63. The molecule has 21 heavy (non-hydrogen) atoms. The number of aliphatic hydroxyl groups is 1. The fraction of sp³-hybridized carbons (Fsp3) is 1.00. The molecule has 3 fully saturated rings. The minimum Gasteiger partial charge on any atom is -0.396 e. The number of nitrogens with zero attached hydrogens (tertiary/aromatic N) is 1. The first-order chi connectivity index (χ1) is 10.3. The van der Waals surface area contributed by atoms with Gasteiger partial charge in [-0.05, 0) is 56.8 Å². The van der Waals surface area contributed by atoms with E-state index in [9.17, 15) is 0 Å². The number of piperidine rings is 1. The van der Waals surface area contributed by atoms with Crippen LogP contribution in [0.2, 0.25) is 0 Å². The van der Waals surface area contributed by atoms with Gasteiger partial charge in [-0.3, -0.25) is 0 Å². The predicted octanol–water partition coefficient (Wildman–Crippen LogP) is 2.78. The van der Waals surface area contributed by atoms with Crippen LogP contribution < -0.4 is 5.32 Å². The minimum absolute atomic E-state index is 0.361. The molecule has 0 aromatic rings. The van der Waals surface area contributed by atoms with Crippen molar-refractivity contribution in [3.63, 3.8) is 0 Å². The van der Waals surface area contributed by atoms with Crippen LogP contribution in [-0.2, 0) is 0 Å². The van der Waals surface area contributed by atoms with Crippen molar-refractivity contribution in [3.8, 4) is 0 Å². The molecule has 1 heterocycles. The van der Waals surface area contributed by atoms with Crippen LogP contribution in [0.4, 0.5) is 0 Å².